The highest BCUT2D eigenvalue weighted by molar-refractivity contribution is 5.10. The number of pyridine rings is 1. The predicted octanol–water partition coefficient (Wildman–Crippen LogP) is 1.43. The van der Waals surface area contributed by atoms with Crippen LogP contribution >= 0.6 is 0 Å². The molecule has 0 aliphatic carbocycles. The van der Waals surface area contributed by atoms with E-state index in [4.69, 9.17) is 0 Å². The van der Waals surface area contributed by atoms with Crippen molar-refractivity contribution >= 4 is 0 Å². The summed E-state index contributed by atoms with van der Waals surface area (Å²) in [5.41, 5.74) is 1.21. The quantitative estimate of drug-likeness (QED) is 0.626. The molecule has 0 saturated carbocycles. The van der Waals surface area contributed by atoms with Gasteiger partial charge in [0.25, 0.3) is 5.56 Å². The molecule has 1 rings (SSSR count). The Balaban J connectivity index is 3.10. The molecule has 0 bridgehead atoms. The molecule has 0 unspecified atom stereocenters. The zero-order valence-corrected chi connectivity index (χ0v) is 7.00. The average Bonchev–Trinajstić information content (AvgIpc) is 2.04. The van der Waals surface area contributed by atoms with Crippen LogP contribution in [0, 0.1) is 0 Å². The van der Waals surface area contributed by atoms with E-state index in [9.17, 15) is 4.79 Å². The normalized spacial score (nSPS) is 10.0. The molecule has 60 valence electrons. The van der Waals surface area contributed by atoms with E-state index in [-0.39, 0.29) is 5.56 Å². The molecule has 0 aromatic carbocycles. The van der Waals surface area contributed by atoms with E-state index < -0.39 is 0 Å². The summed E-state index contributed by atoms with van der Waals surface area (Å²) in [6, 6.07) is 3.69. The van der Waals surface area contributed by atoms with Crippen LogP contribution in [0.5, 0.6) is 0 Å². The average molecular weight is 151 g/mol. The van der Waals surface area contributed by atoms with Crippen LogP contribution in [0.25, 0.3) is 0 Å². The second-order valence-corrected chi connectivity index (χ2v) is 2.51. The minimum atomic E-state index is 0.104. The lowest BCUT2D eigenvalue weighted by Crippen LogP contribution is -2.17. The van der Waals surface area contributed by atoms with Crippen LogP contribution in [-0.2, 0) is 13.0 Å². The van der Waals surface area contributed by atoms with Crippen molar-refractivity contribution in [1.29, 1.82) is 0 Å². The summed E-state index contributed by atoms with van der Waals surface area (Å²) in [7, 11) is 0. The van der Waals surface area contributed by atoms with Gasteiger partial charge in [0.15, 0.2) is 0 Å². The van der Waals surface area contributed by atoms with Gasteiger partial charge in [0.05, 0.1) is 0 Å². The van der Waals surface area contributed by atoms with Crippen molar-refractivity contribution in [1.82, 2.24) is 4.57 Å². The molecule has 0 radical (unpaired) electrons. The largest absolute Gasteiger partial charge is 0.316 e. The highest BCUT2D eigenvalue weighted by Crippen LogP contribution is 1.94. The van der Waals surface area contributed by atoms with Gasteiger partial charge in [0, 0.05) is 18.8 Å². The molecule has 0 saturated heterocycles. The molecule has 0 spiro atoms. The highest BCUT2D eigenvalue weighted by Gasteiger charge is 1.93. The third kappa shape index (κ3) is 1.70. The van der Waals surface area contributed by atoms with E-state index in [0.717, 1.165) is 18.5 Å². The Hall–Kier alpha value is -1.05. The van der Waals surface area contributed by atoms with Crippen molar-refractivity contribution in [3.05, 3.63) is 34.2 Å². The molecular formula is C9H13NO. The lowest BCUT2D eigenvalue weighted by atomic mass is 10.2. The van der Waals surface area contributed by atoms with Crippen LogP contribution < -0.4 is 5.56 Å². The van der Waals surface area contributed by atoms with Gasteiger partial charge in [0.1, 0.15) is 0 Å². The van der Waals surface area contributed by atoms with Gasteiger partial charge in [0.2, 0.25) is 0 Å². The molecule has 1 heterocycles. The van der Waals surface area contributed by atoms with E-state index >= 15 is 0 Å². The molecule has 2 nitrogen and oxygen atoms in total. The number of rotatable bonds is 2. The first kappa shape index (κ1) is 8.05. The fourth-order valence-electron chi connectivity index (χ4n) is 1.03. The van der Waals surface area contributed by atoms with Crippen LogP contribution in [0.15, 0.2) is 23.1 Å². The highest BCUT2D eigenvalue weighted by atomic mass is 16.1. The van der Waals surface area contributed by atoms with Crippen LogP contribution in [0.3, 0.4) is 0 Å². The Morgan fingerprint density at radius 2 is 2.18 bits per heavy atom. The number of hydrogen-bond donors (Lipinski definition) is 0. The molecule has 1 aromatic heterocycles. The summed E-state index contributed by atoms with van der Waals surface area (Å²) >= 11 is 0. The maximum atomic E-state index is 11.2. The molecule has 2 heteroatoms. The van der Waals surface area contributed by atoms with E-state index in [2.05, 4.69) is 0 Å². The Kier molecular flexibility index (Phi) is 2.47. The molecule has 1 aromatic rings. The Bertz CT molecular complexity index is 288. The van der Waals surface area contributed by atoms with E-state index in [1.54, 1.807) is 10.6 Å². The minimum absolute atomic E-state index is 0.104. The third-order valence-electron chi connectivity index (χ3n) is 1.81. The van der Waals surface area contributed by atoms with Crippen molar-refractivity contribution in [2.24, 2.45) is 0 Å². The van der Waals surface area contributed by atoms with E-state index in [0.29, 0.717) is 0 Å². The fourth-order valence-corrected chi connectivity index (χ4v) is 1.03. The first-order valence-corrected chi connectivity index (χ1v) is 3.97. The number of aryl methyl sites for hydroxylation is 2. The Morgan fingerprint density at radius 1 is 1.45 bits per heavy atom. The summed E-state index contributed by atoms with van der Waals surface area (Å²) < 4.78 is 1.69. The molecule has 0 N–H and O–H groups in total. The molecule has 0 atom stereocenters. The van der Waals surface area contributed by atoms with Crippen molar-refractivity contribution in [3.8, 4) is 0 Å². The number of hydrogen-bond acceptors (Lipinski definition) is 1. The summed E-state index contributed by atoms with van der Waals surface area (Å²) in [6.07, 6.45) is 2.78. The fraction of sp³-hybridized carbons (Fsp3) is 0.444. The van der Waals surface area contributed by atoms with Crippen molar-refractivity contribution in [3.63, 3.8) is 0 Å². The topological polar surface area (TPSA) is 22.0 Å². The lowest BCUT2D eigenvalue weighted by molar-refractivity contribution is 0.723. The second-order valence-electron chi connectivity index (χ2n) is 2.51. The Labute approximate surface area is 66.5 Å². The van der Waals surface area contributed by atoms with Gasteiger partial charge in [-0.15, -0.1) is 0 Å². The van der Waals surface area contributed by atoms with Gasteiger partial charge in [-0.3, -0.25) is 4.79 Å². The molecular weight excluding hydrogens is 138 g/mol. The molecule has 11 heavy (non-hydrogen) atoms. The molecule has 0 aliphatic heterocycles. The zero-order chi connectivity index (χ0) is 8.27. The first-order chi connectivity index (χ1) is 5.27. The summed E-state index contributed by atoms with van der Waals surface area (Å²) in [6.45, 7) is 4.76. The lowest BCUT2D eigenvalue weighted by Gasteiger charge is -2.01. The molecule has 0 fully saturated rings. The van der Waals surface area contributed by atoms with Gasteiger partial charge < -0.3 is 4.57 Å². The van der Waals surface area contributed by atoms with Crippen LogP contribution in [0.2, 0.25) is 0 Å². The summed E-state index contributed by atoms with van der Waals surface area (Å²) in [5.74, 6) is 0. The van der Waals surface area contributed by atoms with Gasteiger partial charge >= 0.3 is 0 Å². The monoisotopic (exact) mass is 151 g/mol. The van der Waals surface area contributed by atoms with Gasteiger partial charge in [-0.25, -0.2) is 0 Å². The van der Waals surface area contributed by atoms with Crippen molar-refractivity contribution < 1.29 is 0 Å². The Morgan fingerprint density at radius 3 is 2.64 bits per heavy atom. The summed E-state index contributed by atoms with van der Waals surface area (Å²) in [4.78, 5) is 11.2. The molecule has 0 amide bonds. The minimum Gasteiger partial charge on any atom is -0.316 e. The van der Waals surface area contributed by atoms with Crippen molar-refractivity contribution in [2.45, 2.75) is 26.8 Å². The standard InChI is InChI=1S/C9H13NO/c1-3-8-5-6-10(4-2)9(11)7-8/h5-7H,3-4H2,1-2H3. The van der Waals surface area contributed by atoms with Crippen molar-refractivity contribution in [2.75, 3.05) is 0 Å². The predicted molar refractivity (Wildman–Crippen MR) is 45.8 cm³/mol. The van der Waals surface area contributed by atoms with E-state index in [1.165, 1.54) is 0 Å². The smallest absolute Gasteiger partial charge is 0.250 e. The maximum absolute atomic E-state index is 11.2. The second kappa shape index (κ2) is 3.37. The third-order valence-corrected chi connectivity index (χ3v) is 1.81. The SMILES string of the molecule is CCc1ccn(CC)c(=O)c1. The van der Waals surface area contributed by atoms with Crippen LogP contribution in [0.4, 0.5) is 0 Å². The van der Waals surface area contributed by atoms with Gasteiger partial charge in [-0.2, -0.15) is 0 Å². The summed E-state index contributed by atoms with van der Waals surface area (Å²) in [5, 5.41) is 0. The molecule has 0 aliphatic rings. The van der Waals surface area contributed by atoms with Gasteiger partial charge in [-0.1, -0.05) is 6.92 Å². The van der Waals surface area contributed by atoms with E-state index in [1.807, 2.05) is 26.1 Å². The van der Waals surface area contributed by atoms with Crippen LogP contribution in [-0.4, -0.2) is 4.57 Å². The maximum Gasteiger partial charge on any atom is 0.250 e. The van der Waals surface area contributed by atoms with Gasteiger partial charge in [-0.05, 0) is 25.0 Å². The first-order valence-electron chi connectivity index (χ1n) is 3.97. The number of nitrogens with zero attached hydrogens (tertiary/aromatic N) is 1. The number of aromatic nitrogens is 1. The zero-order valence-electron chi connectivity index (χ0n) is 7.00. The van der Waals surface area contributed by atoms with Crippen LogP contribution in [0.1, 0.15) is 19.4 Å².